The van der Waals surface area contributed by atoms with Crippen LogP contribution >= 0.6 is 0 Å². The molecule has 0 bridgehead atoms. The zero-order valence-electron chi connectivity index (χ0n) is 12.2. The summed E-state index contributed by atoms with van der Waals surface area (Å²) in [6.07, 6.45) is 4.95. The van der Waals surface area contributed by atoms with Gasteiger partial charge in [-0.05, 0) is 31.4 Å². The zero-order valence-corrected chi connectivity index (χ0v) is 12.2. The first-order valence-electron chi connectivity index (χ1n) is 7.37. The Morgan fingerprint density at radius 2 is 2.14 bits per heavy atom. The number of carboxylic acids is 1. The molecule has 2 rings (SSSR count). The van der Waals surface area contributed by atoms with Crippen LogP contribution in [0.2, 0.25) is 0 Å². The Bertz CT molecular complexity index is 513. The lowest BCUT2D eigenvalue weighted by molar-refractivity contribution is -0.139. The Balaban J connectivity index is 2.16. The lowest BCUT2D eigenvalue weighted by Gasteiger charge is -2.20. The van der Waals surface area contributed by atoms with Gasteiger partial charge in [-0.25, -0.2) is 9.78 Å². The molecular weight excluding hydrogens is 270 g/mol. The van der Waals surface area contributed by atoms with Crippen molar-refractivity contribution in [2.75, 3.05) is 18.0 Å². The average molecular weight is 291 g/mol. The number of carbonyl (C=O) groups excluding carboxylic acids is 1. The summed E-state index contributed by atoms with van der Waals surface area (Å²) in [6.45, 7) is 3.66. The Labute approximate surface area is 124 Å². The maximum absolute atomic E-state index is 12.4. The van der Waals surface area contributed by atoms with Crippen LogP contribution < -0.4 is 10.2 Å². The van der Waals surface area contributed by atoms with E-state index in [1.165, 1.54) is 0 Å². The number of carboxylic acid groups (broad SMARTS) is 1. The van der Waals surface area contributed by atoms with Crippen molar-refractivity contribution in [1.82, 2.24) is 10.3 Å². The van der Waals surface area contributed by atoms with Crippen LogP contribution in [0.1, 0.15) is 43.0 Å². The summed E-state index contributed by atoms with van der Waals surface area (Å²) in [5.74, 6) is -0.726. The second kappa shape index (κ2) is 7.06. The minimum Gasteiger partial charge on any atom is -0.480 e. The Morgan fingerprint density at radius 1 is 1.43 bits per heavy atom. The number of hydrogen-bond acceptors (Lipinski definition) is 4. The molecule has 114 valence electrons. The van der Waals surface area contributed by atoms with Crippen molar-refractivity contribution in [2.24, 2.45) is 0 Å². The van der Waals surface area contributed by atoms with Gasteiger partial charge in [-0.1, -0.05) is 13.3 Å². The van der Waals surface area contributed by atoms with Gasteiger partial charge in [-0.15, -0.1) is 0 Å². The van der Waals surface area contributed by atoms with Crippen LogP contribution in [0, 0.1) is 0 Å². The molecule has 1 fully saturated rings. The summed E-state index contributed by atoms with van der Waals surface area (Å²) in [7, 11) is 0. The standard InChI is InChI=1S/C15H21N3O3/c1-2-6-12(15(20)21)17-14(19)11-7-5-8-16-13(11)18-9-3-4-10-18/h5,7-8,12H,2-4,6,9-10H2,1H3,(H,17,19)(H,20,21). The van der Waals surface area contributed by atoms with E-state index in [2.05, 4.69) is 15.2 Å². The molecule has 1 aromatic rings. The number of aliphatic carboxylic acids is 1. The number of hydrogen-bond donors (Lipinski definition) is 2. The van der Waals surface area contributed by atoms with Gasteiger partial charge in [0.15, 0.2) is 0 Å². The third-order valence-corrected chi connectivity index (χ3v) is 3.62. The quantitative estimate of drug-likeness (QED) is 0.833. The maximum Gasteiger partial charge on any atom is 0.326 e. The van der Waals surface area contributed by atoms with Crippen LogP contribution in [-0.4, -0.2) is 41.1 Å². The number of pyridine rings is 1. The van der Waals surface area contributed by atoms with E-state index in [-0.39, 0.29) is 5.91 Å². The number of anilines is 1. The summed E-state index contributed by atoms with van der Waals surface area (Å²) in [6, 6.07) is 2.54. The Hall–Kier alpha value is -2.11. The van der Waals surface area contributed by atoms with E-state index in [4.69, 9.17) is 5.11 Å². The van der Waals surface area contributed by atoms with E-state index < -0.39 is 12.0 Å². The van der Waals surface area contributed by atoms with Crippen LogP contribution in [0.4, 0.5) is 5.82 Å². The van der Waals surface area contributed by atoms with Crippen LogP contribution in [0.25, 0.3) is 0 Å². The van der Waals surface area contributed by atoms with Gasteiger partial charge in [0, 0.05) is 19.3 Å². The number of rotatable bonds is 6. The number of aromatic nitrogens is 1. The molecule has 0 radical (unpaired) electrons. The molecule has 1 atom stereocenters. The van der Waals surface area contributed by atoms with Crippen molar-refractivity contribution in [1.29, 1.82) is 0 Å². The fourth-order valence-corrected chi connectivity index (χ4v) is 2.54. The minimum atomic E-state index is -1.00. The van der Waals surface area contributed by atoms with Crippen molar-refractivity contribution < 1.29 is 14.7 Å². The van der Waals surface area contributed by atoms with Crippen LogP contribution in [-0.2, 0) is 4.79 Å². The van der Waals surface area contributed by atoms with Crippen molar-refractivity contribution in [2.45, 2.75) is 38.6 Å². The molecule has 0 spiro atoms. The fourth-order valence-electron chi connectivity index (χ4n) is 2.54. The van der Waals surface area contributed by atoms with Crippen molar-refractivity contribution in [3.63, 3.8) is 0 Å². The smallest absolute Gasteiger partial charge is 0.326 e. The highest BCUT2D eigenvalue weighted by Gasteiger charge is 2.24. The van der Waals surface area contributed by atoms with Crippen molar-refractivity contribution in [3.05, 3.63) is 23.9 Å². The first kappa shape index (κ1) is 15.3. The van der Waals surface area contributed by atoms with Gasteiger partial charge in [-0.3, -0.25) is 4.79 Å². The lowest BCUT2D eigenvalue weighted by atomic mass is 10.1. The van der Waals surface area contributed by atoms with E-state index >= 15 is 0 Å². The normalized spacial score (nSPS) is 15.8. The van der Waals surface area contributed by atoms with Gasteiger partial charge in [0.2, 0.25) is 0 Å². The fraction of sp³-hybridized carbons (Fsp3) is 0.533. The van der Waals surface area contributed by atoms with Crippen molar-refractivity contribution >= 4 is 17.7 Å². The largest absolute Gasteiger partial charge is 0.480 e. The summed E-state index contributed by atoms with van der Waals surface area (Å²) >= 11 is 0. The van der Waals surface area contributed by atoms with Crippen LogP contribution in [0.3, 0.4) is 0 Å². The van der Waals surface area contributed by atoms with Crippen LogP contribution in [0.15, 0.2) is 18.3 Å². The predicted octanol–water partition coefficient (Wildman–Crippen LogP) is 1.66. The molecule has 0 aliphatic carbocycles. The SMILES string of the molecule is CCCC(NC(=O)c1cccnc1N1CCCC1)C(=O)O. The van der Waals surface area contributed by atoms with Crippen molar-refractivity contribution in [3.8, 4) is 0 Å². The van der Waals surface area contributed by atoms with Crippen LogP contribution in [0.5, 0.6) is 0 Å². The second-order valence-corrected chi connectivity index (χ2v) is 5.22. The monoisotopic (exact) mass is 291 g/mol. The third-order valence-electron chi connectivity index (χ3n) is 3.62. The zero-order chi connectivity index (χ0) is 15.2. The molecule has 2 heterocycles. The minimum absolute atomic E-state index is 0.370. The first-order valence-corrected chi connectivity index (χ1v) is 7.37. The highest BCUT2D eigenvalue weighted by Crippen LogP contribution is 2.22. The number of amides is 1. The maximum atomic E-state index is 12.4. The number of carbonyl (C=O) groups is 2. The summed E-state index contributed by atoms with van der Waals surface area (Å²) in [5.41, 5.74) is 0.446. The molecule has 1 aliphatic rings. The molecule has 1 aromatic heterocycles. The van der Waals surface area contributed by atoms with Gasteiger partial charge in [0.05, 0.1) is 5.56 Å². The second-order valence-electron chi connectivity index (χ2n) is 5.22. The average Bonchev–Trinajstić information content (AvgIpc) is 3.00. The van der Waals surface area contributed by atoms with Gasteiger partial charge in [0.1, 0.15) is 11.9 Å². The molecule has 6 heteroatoms. The third kappa shape index (κ3) is 3.71. The number of nitrogens with zero attached hydrogens (tertiary/aromatic N) is 2. The van der Waals surface area contributed by atoms with E-state index in [0.717, 1.165) is 25.9 Å². The molecule has 21 heavy (non-hydrogen) atoms. The summed E-state index contributed by atoms with van der Waals surface area (Å²) < 4.78 is 0. The molecule has 1 saturated heterocycles. The summed E-state index contributed by atoms with van der Waals surface area (Å²) in [5, 5.41) is 11.7. The lowest BCUT2D eigenvalue weighted by Crippen LogP contribution is -2.41. The highest BCUT2D eigenvalue weighted by atomic mass is 16.4. The van der Waals surface area contributed by atoms with Gasteiger partial charge < -0.3 is 15.3 Å². The van der Waals surface area contributed by atoms with E-state index in [1.807, 2.05) is 6.92 Å². The summed E-state index contributed by atoms with van der Waals surface area (Å²) in [4.78, 5) is 29.9. The van der Waals surface area contributed by atoms with E-state index in [0.29, 0.717) is 24.2 Å². The molecule has 1 amide bonds. The Kier molecular flexibility index (Phi) is 5.14. The van der Waals surface area contributed by atoms with E-state index in [9.17, 15) is 9.59 Å². The molecule has 0 saturated carbocycles. The molecule has 2 N–H and O–H groups in total. The molecule has 1 aliphatic heterocycles. The number of nitrogens with one attached hydrogen (secondary N) is 1. The van der Waals surface area contributed by atoms with Gasteiger partial charge >= 0.3 is 5.97 Å². The Morgan fingerprint density at radius 3 is 2.76 bits per heavy atom. The van der Waals surface area contributed by atoms with E-state index in [1.54, 1.807) is 18.3 Å². The molecule has 1 unspecified atom stereocenters. The first-order chi connectivity index (χ1) is 10.1. The highest BCUT2D eigenvalue weighted by molar-refractivity contribution is 6.00. The topological polar surface area (TPSA) is 82.5 Å². The molecular formula is C15H21N3O3. The molecule has 6 nitrogen and oxygen atoms in total. The molecule has 0 aromatic carbocycles. The predicted molar refractivity (Wildman–Crippen MR) is 79.5 cm³/mol. The van der Waals surface area contributed by atoms with Gasteiger partial charge in [0.25, 0.3) is 5.91 Å². The van der Waals surface area contributed by atoms with Gasteiger partial charge in [-0.2, -0.15) is 0 Å².